The van der Waals surface area contributed by atoms with Crippen molar-refractivity contribution >= 4 is 5.71 Å². The van der Waals surface area contributed by atoms with E-state index in [1.165, 1.54) is 5.57 Å². The van der Waals surface area contributed by atoms with Crippen LogP contribution in [0, 0.1) is 34.0 Å². The lowest BCUT2D eigenvalue weighted by atomic mass is 9.48. The second kappa shape index (κ2) is 4.55. The SMILES string of the molecule is C[C@]12C=CC(O)CC1=CC(=N)C1[C@H]2CC[C@]2(C)C(O)CC[C@@H]12. The highest BCUT2D eigenvalue weighted by molar-refractivity contribution is 5.97. The van der Waals surface area contributed by atoms with Gasteiger partial charge >= 0.3 is 0 Å². The molecule has 4 rings (SSSR count). The molecule has 3 N–H and O–H groups in total. The molecule has 4 aliphatic rings. The summed E-state index contributed by atoms with van der Waals surface area (Å²) < 4.78 is 0. The van der Waals surface area contributed by atoms with Crippen LogP contribution >= 0.6 is 0 Å². The van der Waals surface area contributed by atoms with E-state index in [4.69, 9.17) is 5.41 Å². The predicted molar refractivity (Wildman–Crippen MR) is 86.7 cm³/mol. The van der Waals surface area contributed by atoms with Crippen LogP contribution in [0.3, 0.4) is 0 Å². The van der Waals surface area contributed by atoms with Crippen LogP contribution in [0.15, 0.2) is 23.8 Å². The van der Waals surface area contributed by atoms with Gasteiger partial charge in [-0.2, -0.15) is 0 Å². The van der Waals surface area contributed by atoms with Crippen LogP contribution in [0.5, 0.6) is 0 Å². The Labute approximate surface area is 132 Å². The Hall–Kier alpha value is -0.930. The van der Waals surface area contributed by atoms with Crippen molar-refractivity contribution in [2.75, 3.05) is 0 Å². The van der Waals surface area contributed by atoms with Crippen LogP contribution in [0.1, 0.15) is 46.0 Å². The average Bonchev–Trinajstić information content (AvgIpc) is 2.77. The van der Waals surface area contributed by atoms with Crippen LogP contribution in [0.4, 0.5) is 0 Å². The van der Waals surface area contributed by atoms with E-state index < -0.39 is 6.10 Å². The van der Waals surface area contributed by atoms with Crippen molar-refractivity contribution in [1.29, 1.82) is 5.41 Å². The van der Waals surface area contributed by atoms with E-state index >= 15 is 0 Å². The van der Waals surface area contributed by atoms with Gasteiger partial charge in [0.05, 0.1) is 12.2 Å². The first kappa shape index (κ1) is 14.6. The van der Waals surface area contributed by atoms with Crippen molar-refractivity contribution in [1.82, 2.24) is 0 Å². The lowest BCUT2D eigenvalue weighted by molar-refractivity contribution is -0.0335. The number of fused-ring (bicyclic) bond motifs is 5. The minimum Gasteiger partial charge on any atom is -0.393 e. The molecule has 2 fully saturated rings. The standard InChI is InChI=1S/C19H27NO2/c1-18-7-5-12(21)9-11(18)10-15(20)17-13-3-4-16(22)19(13,2)8-6-14(17)18/h5,7,10,12-14,16-17,20-22H,3-4,6,8-9H2,1-2H3/t12?,13-,14+,16?,17?,18-,19-/m0/s1. The van der Waals surface area contributed by atoms with Gasteiger partial charge in [0, 0.05) is 17.0 Å². The van der Waals surface area contributed by atoms with Gasteiger partial charge < -0.3 is 15.6 Å². The fourth-order valence-corrected chi connectivity index (χ4v) is 6.01. The van der Waals surface area contributed by atoms with Gasteiger partial charge in [-0.3, -0.25) is 0 Å². The molecule has 3 unspecified atom stereocenters. The van der Waals surface area contributed by atoms with E-state index in [1.807, 2.05) is 12.2 Å². The number of hydrogen-bond acceptors (Lipinski definition) is 3. The molecule has 0 bridgehead atoms. The molecular weight excluding hydrogens is 274 g/mol. The minimum absolute atomic E-state index is 0.00688. The van der Waals surface area contributed by atoms with Crippen LogP contribution in [-0.4, -0.2) is 28.1 Å². The van der Waals surface area contributed by atoms with Crippen molar-refractivity contribution in [3.05, 3.63) is 23.8 Å². The number of hydrogen-bond donors (Lipinski definition) is 3. The summed E-state index contributed by atoms with van der Waals surface area (Å²) in [6, 6.07) is 0. The summed E-state index contributed by atoms with van der Waals surface area (Å²) in [5.74, 6) is 1.15. The number of aliphatic hydroxyl groups excluding tert-OH is 2. The number of rotatable bonds is 0. The fourth-order valence-electron chi connectivity index (χ4n) is 6.01. The van der Waals surface area contributed by atoms with Gasteiger partial charge in [0.2, 0.25) is 0 Å². The van der Waals surface area contributed by atoms with E-state index in [2.05, 4.69) is 19.9 Å². The fraction of sp³-hybridized carbons (Fsp3) is 0.737. The maximum Gasteiger partial charge on any atom is 0.0758 e. The van der Waals surface area contributed by atoms with Crippen molar-refractivity contribution < 1.29 is 10.2 Å². The van der Waals surface area contributed by atoms with E-state index in [0.717, 1.165) is 31.4 Å². The first-order valence-corrected chi connectivity index (χ1v) is 8.71. The van der Waals surface area contributed by atoms with Crippen molar-refractivity contribution in [3.8, 4) is 0 Å². The Balaban J connectivity index is 1.78. The maximum absolute atomic E-state index is 10.5. The zero-order valence-electron chi connectivity index (χ0n) is 13.5. The molecular formula is C19H27NO2. The molecule has 0 radical (unpaired) electrons. The summed E-state index contributed by atoms with van der Waals surface area (Å²) in [4.78, 5) is 0. The van der Waals surface area contributed by atoms with E-state index in [9.17, 15) is 10.2 Å². The van der Waals surface area contributed by atoms with Gasteiger partial charge in [-0.25, -0.2) is 0 Å². The van der Waals surface area contributed by atoms with Gasteiger partial charge in [-0.05, 0) is 55.4 Å². The molecule has 0 spiro atoms. The molecule has 0 saturated heterocycles. The third-order valence-electron chi connectivity index (χ3n) is 7.47. The number of aliphatic hydroxyl groups is 2. The van der Waals surface area contributed by atoms with Gasteiger partial charge in [-0.15, -0.1) is 0 Å². The molecule has 0 amide bonds. The van der Waals surface area contributed by atoms with E-state index in [1.54, 1.807) is 0 Å². The number of allylic oxidation sites excluding steroid dienone is 2. The minimum atomic E-state index is -0.397. The average molecular weight is 301 g/mol. The molecule has 0 aromatic carbocycles. The van der Waals surface area contributed by atoms with Crippen molar-refractivity contribution in [2.24, 2.45) is 28.6 Å². The Morgan fingerprint density at radius 2 is 1.91 bits per heavy atom. The number of nitrogens with one attached hydrogen (secondary N) is 1. The van der Waals surface area contributed by atoms with Gasteiger partial charge in [0.1, 0.15) is 0 Å². The highest BCUT2D eigenvalue weighted by Gasteiger charge is 2.59. The van der Waals surface area contributed by atoms with Gasteiger partial charge in [-0.1, -0.05) is 31.6 Å². The summed E-state index contributed by atoms with van der Waals surface area (Å²) in [7, 11) is 0. The van der Waals surface area contributed by atoms with Crippen LogP contribution in [0.25, 0.3) is 0 Å². The van der Waals surface area contributed by atoms with Crippen molar-refractivity contribution in [3.63, 3.8) is 0 Å². The normalized spacial score (nSPS) is 53.5. The van der Waals surface area contributed by atoms with E-state index in [-0.39, 0.29) is 22.9 Å². The molecule has 3 nitrogen and oxygen atoms in total. The molecule has 3 heteroatoms. The van der Waals surface area contributed by atoms with E-state index in [0.29, 0.717) is 18.3 Å². The molecule has 4 aliphatic carbocycles. The molecule has 2 saturated carbocycles. The largest absolute Gasteiger partial charge is 0.393 e. The Kier molecular flexibility index (Phi) is 3.03. The second-order valence-electron chi connectivity index (χ2n) is 8.41. The van der Waals surface area contributed by atoms with Crippen LogP contribution in [-0.2, 0) is 0 Å². The van der Waals surface area contributed by atoms with Gasteiger partial charge in [0.15, 0.2) is 0 Å². The highest BCUT2D eigenvalue weighted by Crippen LogP contribution is 2.63. The highest BCUT2D eigenvalue weighted by atomic mass is 16.3. The zero-order chi connectivity index (χ0) is 15.7. The zero-order valence-corrected chi connectivity index (χ0v) is 13.5. The lowest BCUT2D eigenvalue weighted by Gasteiger charge is -2.56. The first-order valence-electron chi connectivity index (χ1n) is 8.71. The predicted octanol–water partition coefficient (Wildman–Crippen LogP) is 3.08. The monoisotopic (exact) mass is 301 g/mol. The topological polar surface area (TPSA) is 64.3 Å². The lowest BCUT2D eigenvalue weighted by Crippen LogP contribution is -2.53. The smallest absolute Gasteiger partial charge is 0.0758 e. The molecule has 7 atom stereocenters. The maximum atomic E-state index is 10.5. The van der Waals surface area contributed by atoms with Crippen molar-refractivity contribution in [2.45, 2.75) is 58.2 Å². The third kappa shape index (κ3) is 1.73. The third-order valence-corrected chi connectivity index (χ3v) is 7.47. The Morgan fingerprint density at radius 3 is 2.68 bits per heavy atom. The molecule has 0 aromatic heterocycles. The molecule has 0 aliphatic heterocycles. The summed E-state index contributed by atoms with van der Waals surface area (Å²) in [5, 5.41) is 29.0. The molecule has 22 heavy (non-hydrogen) atoms. The summed E-state index contributed by atoms with van der Waals surface area (Å²) >= 11 is 0. The Morgan fingerprint density at radius 1 is 1.14 bits per heavy atom. The summed E-state index contributed by atoms with van der Waals surface area (Å²) in [6.07, 6.45) is 10.3. The quantitative estimate of drug-likeness (QED) is 0.602. The molecule has 120 valence electrons. The molecule has 0 aromatic rings. The van der Waals surface area contributed by atoms with Gasteiger partial charge in [0.25, 0.3) is 0 Å². The van der Waals surface area contributed by atoms with Crippen LogP contribution in [0.2, 0.25) is 0 Å². The van der Waals surface area contributed by atoms with Crippen LogP contribution < -0.4 is 0 Å². The first-order chi connectivity index (χ1) is 10.4. The molecule has 0 heterocycles. The summed E-state index contributed by atoms with van der Waals surface area (Å²) in [6.45, 7) is 4.53. The Bertz CT molecular complexity index is 580. The summed E-state index contributed by atoms with van der Waals surface area (Å²) in [5.41, 5.74) is 1.96. The second-order valence-corrected chi connectivity index (χ2v) is 8.41.